The van der Waals surface area contributed by atoms with E-state index in [9.17, 15) is 4.79 Å². The molecule has 2 saturated heterocycles. The lowest BCUT2D eigenvalue weighted by Crippen LogP contribution is -2.62. The maximum Gasteiger partial charge on any atom is 0.219 e. The Morgan fingerprint density at radius 3 is 2.56 bits per heavy atom. The molecule has 11 heteroatoms. The van der Waals surface area contributed by atoms with Gasteiger partial charge in [0.2, 0.25) is 5.91 Å². The maximum atomic E-state index is 15.1. The van der Waals surface area contributed by atoms with Gasteiger partial charge >= 0.3 is 0 Å². The number of aromatic nitrogens is 4. The average molecular weight is 562 g/mol. The standard InChI is InChI=1S/C30H33F2N7O2/c1-17-13-38(14-25(33)30(17)37(3)18(2)40)27-6-7-34-11-20(27)10-28-35-12-22-4-5-26(36-39(22)28)29-23(31)8-19(9-24(29)32)21-15-41-16-21/h4-9,11-12,17,21,25,30H,10,13-16,33H2,1-3H3/t17-,25+,30-/m0/s1. The molecule has 6 rings (SSSR count). The van der Waals surface area contributed by atoms with Crippen LogP contribution in [0.2, 0.25) is 0 Å². The highest BCUT2D eigenvalue weighted by atomic mass is 19.1. The van der Waals surface area contributed by atoms with Gasteiger partial charge in [0.05, 0.1) is 42.2 Å². The number of imidazole rings is 1. The normalized spacial score (nSPS) is 21.2. The molecule has 3 atom stereocenters. The number of rotatable bonds is 6. The first-order valence-electron chi connectivity index (χ1n) is 13.8. The van der Waals surface area contributed by atoms with E-state index >= 15 is 8.78 Å². The number of fused-ring (bicyclic) bond motifs is 1. The fraction of sp³-hybridized carbons (Fsp3) is 0.400. The van der Waals surface area contributed by atoms with Crippen LogP contribution in [-0.4, -0.2) is 75.8 Å². The number of nitrogens with two attached hydrogens (primary N) is 1. The molecule has 0 radical (unpaired) electrons. The van der Waals surface area contributed by atoms with Gasteiger partial charge in [-0.3, -0.25) is 9.78 Å². The Balaban J connectivity index is 1.29. The number of benzene rings is 1. The predicted molar refractivity (Wildman–Crippen MR) is 151 cm³/mol. The second-order valence-electron chi connectivity index (χ2n) is 11.2. The maximum absolute atomic E-state index is 15.1. The van der Waals surface area contributed by atoms with Crippen molar-refractivity contribution in [3.63, 3.8) is 0 Å². The lowest BCUT2D eigenvalue weighted by atomic mass is 9.88. The van der Waals surface area contributed by atoms with Gasteiger partial charge in [0, 0.05) is 69.1 Å². The number of pyridine rings is 1. The molecule has 0 spiro atoms. The Bertz CT molecular complexity index is 1570. The summed E-state index contributed by atoms with van der Waals surface area (Å²) in [6.45, 7) is 5.90. The van der Waals surface area contributed by atoms with Crippen LogP contribution in [0, 0.1) is 17.6 Å². The Kier molecular flexibility index (Phi) is 7.16. The van der Waals surface area contributed by atoms with Gasteiger partial charge in [-0.1, -0.05) is 6.92 Å². The van der Waals surface area contributed by atoms with Gasteiger partial charge < -0.3 is 20.3 Å². The number of likely N-dealkylation sites (N-methyl/N-ethyl adjacent to an activating group) is 1. The zero-order chi connectivity index (χ0) is 28.8. The van der Waals surface area contributed by atoms with Crippen LogP contribution in [0.25, 0.3) is 16.8 Å². The number of anilines is 1. The van der Waals surface area contributed by atoms with Gasteiger partial charge in [0.15, 0.2) is 0 Å². The first kappa shape index (κ1) is 27.2. The molecule has 1 amide bonds. The Hall–Kier alpha value is -3.96. The zero-order valence-electron chi connectivity index (χ0n) is 23.3. The summed E-state index contributed by atoms with van der Waals surface area (Å²) in [4.78, 5) is 24.9. The largest absolute Gasteiger partial charge is 0.380 e. The molecule has 0 aliphatic carbocycles. The Labute approximate surface area is 236 Å². The van der Waals surface area contributed by atoms with E-state index < -0.39 is 11.6 Å². The van der Waals surface area contributed by atoms with Crippen LogP contribution in [0.1, 0.15) is 36.7 Å². The number of ether oxygens (including phenoxy) is 1. The van der Waals surface area contributed by atoms with Crippen LogP contribution in [0.5, 0.6) is 0 Å². The van der Waals surface area contributed by atoms with E-state index in [0.717, 1.165) is 17.8 Å². The van der Waals surface area contributed by atoms with Crippen molar-refractivity contribution >= 4 is 17.1 Å². The van der Waals surface area contributed by atoms with Gasteiger partial charge in [0.25, 0.3) is 0 Å². The number of piperidine rings is 1. The summed E-state index contributed by atoms with van der Waals surface area (Å²) in [5.74, 6) is -0.534. The van der Waals surface area contributed by atoms with Crippen LogP contribution in [-0.2, 0) is 16.0 Å². The van der Waals surface area contributed by atoms with Crippen molar-refractivity contribution in [3.05, 3.63) is 77.5 Å². The SMILES string of the molecule is CC(=O)N(C)[C@@H]1[C@H](N)CN(c2ccncc2Cc2ncc3ccc(-c4c(F)cc(C5COC5)cc4F)nn23)C[C@@H]1C. The topological polar surface area (TPSA) is 102 Å². The van der Waals surface area contributed by atoms with E-state index in [2.05, 4.69) is 26.9 Å². The number of amides is 1. The quantitative estimate of drug-likeness (QED) is 0.385. The minimum absolute atomic E-state index is 0.00271. The number of halogens is 2. The van der Waals surface area contributed by atoms with E-state index in [1.165, 1.54) is 12.1 Å². The van der Waals surface area contributed by atoms with E-state index in [-0.39, 0.29) is 41.1 Å². The van der Waals surface area contributed by atoms with Crippen LogP contribution >= 0.6 is 0 Å². The molecule has 2 aliphatic heterocycles. The van der Waals surface area contributed by atoms with Crippen LogP contribution in [0.15, 0.2) is 48.9 Å². The predicted octanol–water partition coefficient (Wildman–Crippen LogP) is 3.40. The van der Waals surface area contributed by atoms with Crippen molar-refractivity contribution in [1.82, 2.24) is 24.5 Å². The second kappa shape index (κ2) is 10.8. The third kappa shape index (κ3) is 5.04. The molecule has 41 heavy (non-hydrogen) atoms. The lowest BCUT2D eigenvalue weighted by Gasteiger charge is -2.46. The molecule has 9 nitrogen and oxygen atoms in total. The minimum atomic E-state index is -0.653. The summed E-state index contributed by atoms with van der Waals surface area (Å²) in [5.41, 5.74) is 9.81. The molecule has 2 aliphatic rings. The van der Waals surface area contributed by atoms with Gasteiger partial charge in [-0.2, -0.15) is 5.10 Å². The number of hydrogen-bond donors (Lipinski definition) is 1. The van der Waals surface area contributed by atoms with Gasteiger partial charge in [0.1, 0.15) is 17.5 Å². The molecule has 0 unspecified atom stereocenters. The van der Waals surface area contributed by atoms with Gasteiger partial charge in [-0.05, 0) is 41.8 Å². The number of nitrogens with zero attached hydrogens (tertiary/aromatic N) is 6. The van der Waals surface area contributed by atoms with Crippen molar-refractivity contribution < 1.29 is 18.3 Å². The fourth-order valence-electron chi connectivity index (χ4n) is 6.11. The summed E-state index contributed by atoms with van der Waals surface area (Å²) < 4.78 is 37.1. The van der Waals surface area contributed by atoms with E-state index in [0.29, 0.717) is 43.1 Å². The number of hydrogen-bond acceptors (Lipinski definition) is 7. The molecule has 4 aromatic rings. The van der Waals surface area contributed by atoms with Gasteiger partial charge in [-0.25, -0.2) is 18.3 Å². The fourth-order valence-corrected chi connectivity index (χ4v) is 6.11. The first-order valence-corrected chi connectivity index (χ1v) is 13.8. The molecule has 0 bridgehead atoms. The summed E-state index contributed by atoms with van der Waals surface area (Å²) in [6.07, 6.45) is 5.63. The van der Waals surface area contributed by atoms with E-state index in [1.54, 1.807) is 54.1 Å². The zero-order valence-corrected chi connectivity index (χ0v) is 23.3. The highest BCUT2D eigenvalue weighted by molar-refractivity contribution is 5.73. The molecule has 2 fully saturated rings. The van der Waals surface area contributed by atoms with Crippen molar-refractivity contribution in [3.8, 4) is 11.3 Å². The monoisotopic (exact) mass is 561 g/mol. The number of carbonyl (C=O) groups is 1. The van der Waals surface area contributed by atoms with E-state index in [4.69, 9.17) is 10.5 Å². The molecular formula is C30H33F2N7O2. The summed E-state index contributed by atoms with van der Waals surface area (Å²) in [6, 6.07) is 7.79. The number of carbonyl (C=O) groups excluding carboxylic acids is 1. The van der Waals surface area contributed by atoms with Crippen LogP contribution in [0.4, 0.5) is 14.5 Å². The van der Waals surface area contributed by atoms with Crippen molar-refractivity contribution in [2.45, 2.75) is 38.3 Å². The Morgan fingerprint density at radius 1 is 1.15 bits per heavy atom. The molecule has 0 saturated carbocycles. The van der Waals surface area contributed by atoms with Crippen LogP contribution in [0.3, 0.4) is 0 Å². The van der Waals surface area contributed by atoms with Crippen molar-refractivity contribution in [2.75, 3.05) is 38.3 Å². The molecule has 3 aromatic heterocycles. The Morgan fingerprint density at radius 2 is 1.90 bits per heavy atom. The lowest BCUT2D eigenvalue weighted by molar-refractivity contribution is -0.131. The first-order chi connectivity index (χ1) is 19.7. The van der Waals surface area contributed by atoms with Crippen LogP contribution < -0.4 is 10.6 Å². The average Bonchev–Trinajstić information content (AvgIpc) is 3.29. The third-order valence-corrected chi connectivity index (χ3v) is 8.36. The molecule has 2 N–H and O–H groups in total. The second-order valence-corrected chi connectivity index (χ2v) is 11.2. The highest BCUT2D eigenvalue weighted by Gasteiger charge is 2.36. The molecule has 214 valence electrons. The van der Waals surface area contributed by atoms with E-state index in [1.807, 2.05) is 6.07 Å². The molecule has 5 heterocycles. The minimum Gasteiger partial charge on any atom is -0.380 e. The summed E-state index contributed by atoms with van der Waals surface area (Å²) in [5, 5.41) is 4.60. The molecule has 1 aromatic carbocycles. The van der Waals surface area contributed by atoms with Crippen molar-refractivity contribution in [2.24, 2.45) is 11.7 Å². The highest BCUT2D eigenvalue weighted by Crippen LogP contribution is 2.32. The summed E-state index contributed by atoms with van der Waals surface area (Å²) in [7, 11) is 1.80. The molecular weight excluding hydrogens is 528 g/mol. The van der Waals surface area contributed by atoms with Gasteiger partial charge in [-0.15, -0.1) is 0 Å². The van der Waals surface area contributed by atoms with Crippen molar-refractivity contribution in [1.29, 1.82) is 0 Å². The summed E-state index contributed by atoms with van der Waals surface area (Å²) >= 11 is 0. The smallest absolute Gasteiger partial charge is 0.219 e. The third-order valence-electron chi connectivity index (χ3n) is 8.36.